The zero-order valence-electron chi connectivity index (χ0n) is 13.1. The number of H-pyrrole nitrogens is 1. The van der Waals surface area contributed by atoms with Crippen LogP contribution >= 0.6 is 0 Å². The van der Waals surface area contributed by atoms with E-state index < -0.39 is 0 Å². The van der Waals surface area contributed by atoms with Crippen LogP contribution in [0, 0.1) is 6.92 Å². The summed E-state index contributed by atoms with van der Waals surface area (Å²) >= 11 is 0. The summed E-state index contributed by atoms with van der Waals surface area (Å²) in [6, 6.07) is 8.09. The van der Waals surface area contributed by atoms with Crippen LogP contribution in [0.2, 0.25) is 0 Å². The number of aryl methyl sites for hydroxylation is 1. The van der Waals surface area contributed by atoms with Gasteiger partial charge in [-0.1, -0.05) is 6.07 Å². The third kappa shape index (κ3) is 3.27. The van der Waals surface area contributed by atoms with Crippen molar-refractivity contribution >= 4 is 11.6 Å². The molecule has 0 aromatic carbocycles. The van der Waals surface area contributed by atoms with Gasteiger partial charge in [-0.15, -0.1) is 0 Å². The van der Waals surface area contributed by atoms with Gasteiger partial charge in [0.05, 0.1) is 25.9 Å². The van der Waals surface area contributed by atoms with Crippen molar-refractivity contribution in [2.24, 2.45) is 0 Å². The smallest absolute Gasteiger partial charge is 0.274 e. The second-order valence-corrected chi connectivity index (χ2v) is 5.27. The highest BCUT2D eigenvalue weighted by Crippen LogP contribution is 2.20. The molecule has 2 aromatic rings. The Kier molecular flexibility index (Phi) is 4.37. The van der Waals surface area contributed by atoms with E-state index in [9.17, 15) is 0 Å². The molecule has 2 aromatic heterocycles. The summed E-state index contributed by atoms with van der Waals surface area (Å²) in [5.74, 6) is 3.52. The van der Waals surface area contributed by atoms with Gasteiger partial charge in [0, 0.05) is 12.1 Å². The zero-order valence-corrected chi connectivity index (χ0v) is 13.1. The minimum absolute atomic E-state index is 0.619. The Morgan fingerprint density at radius 2 is 1.91 bits per heavy atom. The average Bonchev–Trinajstić information content (AvgIpc) is 2.56. The first-order valence-corrected chi connectivity index (χ1v) is 7.71. The van der Waals surface area contributed by atoms with Crippen molar-refractivity contribution in [2.75, 3.05) is 42.6 Å². The summed E-state index contributed by atoms with van der Waals surface area (Å²) in [6.07, 6.45) is 1.96. The molecule has 0 bridgehead atoms. The van der Waals surface area contributed by atoms with Crippen molar-refractivity contribution in [2.45, 2.75) is 13.8 Å². The highest BCUT2D eigenvalue weighted by Gasteiger charge is 2.24. The average molecular weight is 300 g/mol. The van der Waals surface area contributed by atoms with E-state index in [-0.39, 0.29) is 0 Å². The molecule has 0 unspecified atom stereocenters. The molecule has 0 radical (unpaired) electrons. The highest BCUT2D eigenvalue weighted by molar-refractivity contribution is 5.45. The van der Waals surface area contributed by atoms with Gasteiger partial charge < -0.3 is 9.64 Å². The molecular weight excluding hydrogens is 278 g/mol. The van der Waals surface area contributed by atoms with Crippen LogP contribution in [0.25, 0.3) is 0 Å². The second-order valence-electron chi connectivity index (χ2n) is 5.27. The Morgan fingerprint density at radius 3 is 2.59 bits per heavy atom. The number of nitrogens with one attached hydrogen (secondary N) is 1. The molecule has 0 amide bonds. The molecule has 3 heterocycles. The minimum atomic E-state index is 0.619. The number of rotatable bonds is 4. The van der Waals surface area contributed by atoms with Crippen molar-refractivity contribution in [3.63, 3.8) is 0 Å². The van der Waals surface area contributed by atoms with Crippen molar-refractivity contribution in [1.82, 2.24) is 9.97 Å². The van der Waals surface area contributed by atoms with Gasteiger partial charge in [0.15, 0.2) is 0 Å². The normalized spacial score (nSPS) is 15.0. The predicted molar refractivity (Wildman–Crippen MR) is 85.4 cm³/mol. The summed E-state index contributed by atoms with van der Waals surface area (Å²) in [6.45, 7) is 8.29. The summed E-state index contributed by atoms with van der Waals surface area (Å²) in [4.78, 5) is 16.8. The number of pyridine rings is 1. The van der Waals surface area contributed by atoms with E-state index in [0.717, 1.165) is 43.6 Å². The Balaban J connectivity index is 1.68. The monoisotopic (exact) mass is 300 g/mol. The Labute approximate surface area is 130 Å². The molecule has 1 fully saturated rings. The fourth-order valence-corrected chi connectivity index (χ4v) is 2.67. The summed E-state index contributed by atoms with van der Waals surface area (Å²) < 4.78 is 5.52. The molecular formula is C16H22N5O+. The third-order valence-electron chi connectivity index (χ3n) is 3.73. The van der Waals surface area contributed by atoms with Gasteiger partial charge in [-0.25, -0.2) is 9.97 Å². The number of aromatic amines is 1. The maximum atomic E-state index is 5.52. The fraction of sp³-hybridized carbons (Fsp3) is 0.438. The van der Waals surface area contributed by atoms with E-state index in [2.05, 4.69) is 36.9 Å². The molecule has 116 valence electrons. The van der Waals surface area contributed by atoms with E-state index >= 15 is 0 Å². The number of piperazine rings is 1. The molecule has 0 atom stereocenters. The van der Waals surface area contributed by atoms with Crippen molar-refractivity contribution in [3.8, 4) is 5.88 Å². The number of aromatic nitrogens is 3. The Morgan fingerprint density at radius 1 is 1.14 bits per heavy atom. The topological polar surface area (TPSA) is 55.6 Å². The zero-order chi connectivity index (χ0) is 15.4. The van der Waals surface area contributed by atoms with Crippen LogP contribution in [-0.2, 0) is 0 Å². The summed E-state index contributed by atoms with van der Waals surface area (Å²) in [7, 11) is 0. The van der Waals surface area contributed by atoms with E-state index in [0.29, 0.717) is 12.5 Å². The molecule has 1 aliphatic heterocycles. The van der Waals surface area contributed by atoms with E-state index in [1.54, 1.807) is 0 Å². The van der Waals surface area contributed by atoms with Gasteiger partial charge in [-0.05, 0) is 19.9 Å². The Hall–Kier alpha value is -2.37. The standard InChI is InChI=1S/C16H21N5O/c1-3-22-16-12-15(18-13(2)19-16)21-10-8-20(9-11-21)14-6-4-5-7-17-14/h4-7,12H,3,8-11H2,1-2H3/p+1. The largest absolute Gasteiger partial charge is 0.478 e. The van der Waals surface area contributed by atoms with Gasteiger partial charge in [-0.3, -0.25) is 4.90 Å². The number of hydrogen-bond donors (Lipinski definition) is 0. The van der Waals surface area contributed by atoms with Gasteiger partial charge in [0.1, 0.15) is 24.7 Å². The van der Waals surface area contributed by atoms with Crippen LogP contribution in [0.1, 0.15) is 12.7 Å². The molecule has 0 aliphatic carbocycles. The summed E-state index contributed by atoms with van der Waals surface area (Å²) in [5.41, 5.74) is 0. The lowest BCUT2D eigenvalue weighted by atomic mass is 10.3. The molecule has 1 saturated heterocycles. The number of hydrogen-bond acceptors (Lipinski definition) is 5. The molecule has 6 nitrogen and oxygen atoms in total. The van der Waals surface area contributed by atoms with Gasteiger partial charge >= 0.3 is 0 Å². The summed E-state index contributed by atoms with van der Waals surface area (Å²) in [5, 5.41) is 0. The van der Waals surface area contributed by atoms with Crippen molar-refractivity contribution in [3.05, 3.63) is 36.3 Å². The van der Waals surface area contributed by atoms with Crippen LogP contribution in [-0.4, -0.2) is 42.8 Å². The van der Waals surface area contributed by atoms with E-state index in [4.69, 9.17) is 4.74 Å². The van der Waals surface area contributed by atoms with E-state index in [1.165, 1.54) is 0 Å². The predicted octanol–water partition coefficient (Wildman–Crippen LogP) is 1.32. The molecule has 0 saturated carbocycles. The lowest BCUT2D eigenvalue weighted by Gasteiger charge is -2.31. The lowest BCUT2D eigenvalue weighted by molar-refractivity contribution is -0.364. The minimum Gasteiger partial charge on any atom is -0.478 e. The van der Waals surface area contributed by atoms with Crippen molar-refractivity contribution < 1.29 is 9.72 Å². The maximum Gasteiger partial charge on any atom is 0.274 e. The number of anilines is 2. The molecule has 3 rings (SSSR count). The number of ether oxygens (including phenoxy) is 1. The lowest BCUT2D eigenvalue weighted by Crippen LogP contribution is -2.48. The molecule has 1 N–H and O–H groups in total. The first-order chi connectivity index (χ1) is 10.8. The highest BCUT2D eigenvalue weighted by atomic mass is 16.5. The first kappa shape index (κ1) is 14.6. The van der Waals surface area contributed by atoms with Crippen LogP contribution in [0.5, 0.6) is 5.88 Å². The molecule has 22 heavy (non-hydrogen) atoms. The molecule has 0 spiro atoms. The number of nitrogens with zero attached hydrogens (tertiary/aromatic N) is 4. The van der Waals surface area contributed by atoms with Gasteiger partial charge in [-0.2, -0.15) is 4.98 Å². The van der Waals surface area contributed by atoms with Crippen LogP contribution in [0.15, 0.2) is 30.5 Å². The van der Waals surface area contributed by atoms with Crippen LogP contribution in [0.3, 0.4) is 0 Å². The molecule has 6 heteroatoms. The second kappa shape index (κ2) is 6.60. The maximum absolute atomic E-state index is 5.52. The third-order valence-corrected chi connectivity index (χ3v) is 3.73. The quantitative estimate of drug-likeness (QED) is 0.852. The Bertz CT molecular complexity index is 611. The first-order valence-electron chi connectivity index (χ1n) is 7.71. The molecule has 1 aliphatic rings. The van der Waals surface area contributed by atoms with Crippen molar-refractivity contribution in [1.29, 1.82) is 0 Å². The van der Waals surface area contributed by atoms with Crippen LogP contribution < -0.4 is 19.5 Å². The van der Waals surface area contributed by atoms with Gasteiger partial charge in [0.25, 0.3) is 5.82 Å². The fourth-order valence-electron chi connectivity index (χ4n) is 2.67. The van der Waals surface area contributed by atoms with Crippen LogP contribution in [0.4, 0.5) is 11.6 Å². The SMILES string of the molecule is CCOc1cc(N2CCN(c3cccc[nH+]3)CC2)nc(C)n1. The van der Waals surface area contributed by atoms with Gasteiger partial charge in [0.2, 0.25) is 5.88 Å². The van der Waals surface area contributed by atoms with E-state index in [1.807, 2.05) is 32.2 Å².